The van der Waals surface area contributed by atoms with E-state index in [1.54, 1.807) is 43.5 Å². The number of methoxy groups -OCH3 is 1. The zero-order valence-corrected chi connectivity index (χ0v) is 16.9. The third kappa shape index (κ3) is 4.33. The standard InChI is InChI=1S/C21H27N5O3/c1-25-19-13-23-20(26-8-7-22-14-26)11-17(19)18(12-21(25)27)24-15-3-5-16(6-4-15)29-10-9-28-2/h7-8,11-16,24H,3-6,9-10H2,1-2H3/t15-,16-. The van der Waals surface area contributed by atoms with Gasteiger partial charge in [0.05, 0.1) is 31.0 Å². The molecule has 3 aromatic heterocycles. The summed E-state index contributed by atoms with van der Waals surface area (Å²) in [7, 11) is 3.46. The number of anilines is 1. The lowest BCUT2D eigenvalue weighted by Crippen LogP contribution is -2.31. The summed E-state index contributed by atoms with van der Waals surface area (Å²) in [5.74, 6) is 0.770. The molecule has 1 aliphatic carbocycles. The molecule has 1 aliphatic rings. The SMILES string of the molecule is COCCO[C@H]1CC[C@H](Nc2cc(=O)n(C)c3cnc(-n4ccnc4)cc23)CC1. The number of hydrogen-bond donors (Lipinski definition) is 1. The third-order valence-corrected chi connectivity index (χ3v) is 5.56. The highest BCUT2D eigenvalue weighted by Crippen LogP contribution is 2.28. The van der Waals surface area contributed by atoms with E-state index in [0.717, 1.165) is 48.1 Å². The van der Waals surface area contributed by atoms with Crippen molar-refractivity contribution in [1.82, 2.24) is 19.1 Å². The van der Waals surface area contributed by atoms with E-state index < -0.39 is 0 Å². The minimum absolute atomic E-state index is 0.0474. The highest BCUT2D eigenvalue weighted by Gasteiger charge is 2.22. The number of nitrogens with zero attached hydrogens (tertiary/aromatic N) is 4. The quantitative estimate of drug-likeness (QED) is 0.617. The van der Waals surface area contributed by atoms with E-state index in [1.165, 1.54) is 0 Å². The Hall–Kier alpha value is -2.71. The second kappa shape index (κ2) is 8.75. The van der Waals surface area contributed by atoms with Gasteiger partial charge < -0.3 is 19.4 Å². The molecular formula is C21H27N5O3. The van der Waals surface area contributed by atoms with Crippen molar-refractivity contribution in [3.05, 3.63) is 47.4 Å². The van der Waals surface area contributed by atoms with E-state index in [-0.39, 0.29) is 5.56 Å². The second-order valence-corrected chi connectivity index (χ2v) is 7.47. The molecule has 0 atom stereocenters. The maximum atomic E-state index is 12.5. The number of pyridine rings is 2. The number of rotatable bonds is 7. The van der Waals surface area contributed by atoms with Crippen LogP contribution in [-0.4, -0.2) is 51.6 Å². The average molecular weight is 397 g/mol. The van der Waals surface area contributed by atoms with Crippen molar-refractivity contribution in [1.29, 1.82) is 0 Å². The topological polar surface area (TPSA) is 83.2 Å². The van der Waals surface area contributed by atoms with E-state index in [0.29, 0.717) is 25.4 Å². The van der Waals surface area contributed by atoms with E-state index in [9.17, 15) is 4.79 Å². The first-order valence-electron chi connectivity index (χ1n) is 10.0. The first-order valence-corrected chi connectivity index (χ1v) is 10.0. The third-order valence-electron chi connectivity index (χ3n) is 5.56. The summed E-state index contributed by atoms with van der Waals surface area (Å²) in [5, 5.41) is 4.58. The zero-order chi connectivity index (χ0) is 20.2. The molecule has 0 aromatic carbocycles. The van der Waals surface area contributed by atoms with E-state index in [2.05, 4.69) is 15.3 Å². The van der Waals surface area contributed by atoms with Gasteiger partial charge in [0.25, 0.3) is 5.56 Å². The molecule has 3 heterocycles. The van der Waals surface area contributed by atoms with Crippen molar-refractivity contribution < 1.29 is 9.47 Å². The highest BCUT2D eigenvalue weighted by molar-refractivity contribution is 5.92. The minimum atomic E-state index is -0.0474. The Morgan fingerprint density at radius 3 is 2.76 bits per heavy atom. The number of imidazole rings is 1. The van der Waals surface area contributed by atoms with Gasteiger partial charge in [-0.05, 0) is 31.7 Å². The molecule has 1 saturated carbocycles. The van der Waals surface area contributed by atoms with Crippen molar-refractivity contribution in [2.24, 2.45) is 7.05 Å². The Kier molecular flexibility index (Phi) is 5.92. The lowest BCUT2D eigenvalue weighted by Gasteiger charge is -2.30. The minimum Gasteiger partial charge on any atom is -0.382 e. The summed E-state index contributed by atoms with van der Waals surface area (Å²) in [6, 6.07) is 4.00. The normalized spacial score (nSPS) is 19.5. The number of aryl methyl sites for hydroxylation is 1. The van der Waals surface area contributed by atoms with Crippen LogP contribution in [0.2, 0.25) is 0 Å². The fourth-order valence-electron chi connectivity index (χ4n) is 3.88. The molecule has 1 N–H and O–H groups in total. The van der Waals surface area contributed by atoms with Crippen LogP contribution >= 0.6 is 0 Å². The molecule has 0 aliphatic heterocycles. The lowest BCUT2D eigenvalue weighted by atomic mass is 9.92. The Labute approximate surface area is 169 Å². The number of fused-ring (bicyclic) bond motifs is 1. The van der Waals surface area contributed by atoms with E-state index >= 15 is 0 Å². The van der Waals surface area contributed by atoms with Crippen LogP contribution in [0.15, 0.2) is 41.8 Å². The van der Waals surface area contributed by atoms with Gasteiger partial charge in [-0.15, -0.1) is 0 Å². The van der Waals surface area contributed by atoms with Gasteiger partial charge in [0.15, 0.2) is 0 Å². The van der Waals surface area contributed by atoms with Crippen LogP contribution in [0.5, 0.6) is 0 Å². The summed E-state index contributed by atoms with van der Waals surface area (Å²) in [6.07, 6.45) is 11.4. The summed E-state index contributed by atoms with van der Waals surface area (Å²) < 4.78 is 14.4. The van der Waals surface area contributed by atoms with Gasteiger partial charge in [-0.2, -0.15) is 0 Å². The van der Waals surface area contributed by atoms with Crippen molar-refractivity contribution in [2.45, 2.75) is 37.8 Å². The number of ether oxygens (including phenoxy) is 2. The predicted octanol–water partition coefficient (Wildman–Crippen LogP) is 2.51. The monoisotopic (exact) mass is 397 g/mol. The summed E-state index contributed by atoms with van der Waals surface area (Å²) in [6.45, 7) is 1.27. The van der Waals surface area contributed by atoms with Gasteiger partial charge in [0, 0.05) is 49.7 Å². The highest BCUT2D eigenvalue weighted by atomic mass is 16.5. The van der Waals surface area contributed by atoms with Gasteiger partial charge in [-0.1, -0.05) is 0 Å². The fourth-order valence-corrected chi connectivity index (χ4v) is 3.88. The Bertz CT molecular complexity index is 1010. The first kappa shape index (κ1) is 19.6. The van der Waals surface area contributed by atoms with Crippen LogP contribution in [0, 0.1) is 0 Å². The molecular weight excluding hydrogens is 370 g/mol. The molecule has 3 aromatic rings. The van der Waals surface area contributed by atoms with Crippen LogP contribution in [0.3, 0.4) is 0 Å². The molecule has 0 bridgehead atoms. The van der Waals surface area contributed by atoms with Crippen molar-refractivity contribution in [2.75, 3.05) is 25.6 Å². The van der Waals surface area contributed by atoms with Crippen LogP contribution < -0.4 is 10.9 Å². The molecule has 0 unspecified atom stereocenters. The summed E-state index contributed by atoms with van der Waals surface area (Å²) in [4.78, 5) is 21.0. The van der Waals surface area contributed by atoms with Gasteiger partial charge >= 0.3 is 0 Å². The largest absolute Gasteiger partial charge is 0.382 e. The summed E-state index contributed by atoms with van der Waals surface area (Å²) in [5.41, 5.74) is 1.62. The van der Waals surface area contributed by atoms with E-state index in [4.69, 9.17) is 9.47 Å². The fraction of sp³-hybridized carbons (Fsp3) is 0.476. The maximum Gasteiger partial charge on any atom is 0.252 e. The lowest BCUT2D eigenvalue weighted by molar-refractivity contribution is -0.00154. The van der Waals surface area contributed by atoms with Gasteiger partial charge in [-0.25, -0.2) is 9.97 Å². The average Bonchev–Trinajstić information content (AvgIpc) is 3.28. The first-order chi connectivity index (χ1) is 14.2. The van der Waals surface area contributed by atoms with Crippen molar-refractivity contribution >= 4 is 16.6 Å². The smallest absolute Gasteiger partial charge is 0.252 e. The second-order valence-electron chi connectivity index (χ2n) is 7.47. The van der Waals surface area contributed by atoms with E-state index in [1.807, 2.05) is 16.8 Å². The zero-order valence-electron chi connectivity index (χ0n) is 16.9. The Morgan fingerprint density at radius 1 is 1.21 bits per heavy atom. The molecule has 0 radical (unpaired) electrons. The molecule has 8 nitrogen and oxygen atoms in total. The van der Waals surface area contributed by atoms with Crippen LogP contribution in [-0.2, 0) is 16.5 Å². The molecule has 4 rings (SSSR count). The van der Waals surface area contributed by atoms with Gasteiger partial charge in [0.2, 0.25) is 0 Å². The molecule has 0 amide bonds. The Morgan fingerprint density at radius 2 is 2.03 bits per heavy atom. The van der Waals surface area contributed by atoms with Crippen molar-refractivity contribution in [3.63, 3.8) is 0 Å². The molecule has 29 heavy (non-hydrogen) atoms. The maximum absolute atomic E-state index is 12.5. The molecule has 1 fully saturated rings. The van der Waals surface area contributed by atoms with Crippen molar-refractivity contribution in [3.8, 4) is 5.82 Å². The van der Waals surface area contributed by atoms with Gasteiger partial charge in [0.1, 0.15) is 12.1 Å². The van der Waals surface area contributed by atoms with Crippen LogP contribution in [0.1, 0.15) is 25.7 Å². The number of nitrogens with one attached hydrogen (secondary N) is 1. The molecule has 0 spiro atoms. The Balaban J connectivity index is 1.55. The number of aromatic nitrogens is 4. The molecule has 8 heteroatoms. The molecule has 154 valence electrons. The van der Waals surface area contributed by atoms with Crippen LogP contribution in [0.4, 0.5) is 5.69 Å². The molecule has 0 saturated heterocycles. The predicted molar refractivity (Wildman–Crippen MR) is 112 cm³/mol. The van der Waals surface area contributed by atoms with Crippen LogP contribution in [0.25, 0.3) is 16.7 Å². The summed E-state index contributed by atoms with van der Waals surface area (Å²) >= 11 is 0. The number of hydrogen-bond acceptors (Lipinski definition) is 6. The van der Waals surface area contributed by atoms with Gasteiger partial charge in [-0.3, -0.25) is 9.36 Å².